The fourth-order valence-electron chi connectivity index (χ4n) is 1.75. The molecular formula is C14H20F3NO2. The van der Waals surface area contributed by atoms with Crippen LogP contribution < -0.4 is 14.8 Å². The van der Waals surface area contributed by atoms with Gasteiger partial charge in [0.1, 0.15) is 18.1 Å². The standard InChI is InChI=1S/C14H20F3NO2/c1-3-11(4-2)18-9-10-19-12-5-7-13(8-6-12)20-14(15,16)17/h5-8,11,18H,3-4,9-10H2,1-2H3. The van der Waals surface area contributed by atoms with E-state index in [1.165, 1.54) is 24.3 Å². The van der Waals surface area contributed by atoms with Gasteiger partial charge >= 0.3 is 6.36 Å². The lowest BCUT2D eigenvalue weighted by Crippen LogP contribution is -2.31. The highest BCUT2D eigenvalue weighted by molar-refractivity contribution is 5.31. The third kappa shape index (κ3) is 6.65. The topological polar surface area (TPSA) is 30.5 Å². The van der Waals surface area contributed by atoms with E-state index in [9.17, 15) is 13.2 Å². The van der Waals surface area contributed by atoms with Gasteiger partial charge in [-0.05, 0) is 37.1 Å². The predicted molar refractivity (Wildman–Crippen MR) is 71.0 cm³/mol. The summed E-state index contributed by atoms with van der Waals surface area (Å²) in [5.74, 6) is 0.269. The van der Waals surface area contributed by atoms with Gasteiger partial charge in [0.05, 0.1) is 0 Å². The minimum absolute atomic E-state index is 0.250. The summed E-state index contributed by atoms with van der Waals surface area (Å²) in [5, 5.41) is 3.33. The molecule has 0 radical (unpaired) electrons. The number of hydrogen-bond donors (Lipinski definition) is 1. The molecule has 20 heavy (non-hydrogen) atoms. The van der Waals surface area contributed by atoms with E-state index in [0.717, 1.165) is 12.8 Å². The largest absolute Gasteiger partial charge is 0.573 e. The third-order valence-electron chi connectivity index (χ3n) is 2.85. The van der Waals surface area contributed by atoms with Crippen molar-refractivity contribution in [2.45, 2.75) is 39.1 Å². The maximum Gasteiger partial charge on any atom is 0.573 e. The molecule has 1 aromatic carbocycles. The Morgan fingerprint density at radius 2 is 1.60 bits per heavy atom. The van der Waals surface area contributed by atoms with E-state index in [1.54, 1.807) is 0 Å². The number of rotatable bonds is 8. The summed E-state index contributed by atoms with van der Waals surface area (Å²) < 4.78 is 45.1. The average Bonchev–Trinajstić information content (AvgIpc) is 2.39. The Morgan fingerprint density at radius 3 is 2.10 bits per heavy atom. The van der Waals surface area contributed by atoms with Crippen LogP contribution in [0.1, 0.15) is 26.7 Å². The number of halogens is 3. The average molecular weight is 291 g/mol. The third-order valence-corrected chi connectivity index (χ3v) is 2.85. The van der Waals surface area contributed by atoms with E-state index in [-0.39, 0.29) is 5.75 Å². The van der Waals surface area contributed by atoms with Crippen LogP contribution in [-0.2, 0) is 0 Å². The molecular weight excluding hydrogens is 271 g/mol. The number of benzene rings is 1. The fourth-order valence-corrected chi connectivity index (χ4v) is 1.75. The normalized spacial score (nSPS) is 11.7. The summed E-state index contributed by atoms with van der Waals surface area (Å²) in [6.07, 6.45) is -2.55. The van der Waals surface area contributed by atoms with Gasteiger partial charge in [-0.15, -0.1) is 13.2 Å². The van der Waals surface area contributed by atoms with Gasteiger partial charge in [0, 0.05) is 12.6 Å². The maximum atomic E-state index is 12.0. The Morgan fingerprint density at radius 1 is 1.05 bits per heavy atom. The highest BCUT2D eigenvalue weighted by atomic mass is 19.4. The van der Waals surface area contributed by atoms with Crippen LogP contribution in [0, 0.1) is 0 Å². The highest BCUT2D eigenvalue weighted by Crippen LogP contribution is 2.24. The minimum Gasteiger partial charge on any atom is -0.492 e. The molecule has 0 amide bonds. The van der Waals surface area contributed by atoms with E-state index in [2.05, 4.69) is 23.9 Å². The van der Waals surface area contributed by atoms with Gasteiger partial charge in [0.15, 0.2) is 0 Å². The smallest absolute Gasteiger partial charge is 0.492 e. The van der Waals surface area contributed by atoms with Gasteiger partial charge in [-0.2, -0.15) is 0 Å². The first-order valence-corrected chi connectivity index (χ1v) is 6.66. The highest BCUT2D eigenvalue weighted by Gasteiger charge is 2.30. The van der Waals surface area contributed by atoms with Crippen LogP contribution in [0.5, 0.6) is 11.5 Å². The molecule has 0 bridgehead atoms. The minimum atomic E-state index is -4.67. The molecule has 0 saturated carbocycles. The van der Waals surface area contributed by atoms with E-state index < -0.39 is 6.36 Å². The molecule has 6 heteroatoms. The second-order valence-electron chi connectivity index (χ2n) is 4.34. The van der Waals surface area contributed by atoms with Gasteiger partial charge in [-0.1, -0.05) is 13.8 Å². The molecule has 0 aromatic heterocycles. The van der Waals surface area contributed by atoms with Gasteiger partial charge < -0.3 is 14.8 Å². The van der Waals surface area contributed by atoms with E-state index in [4.69, 9.17) is 4.74 Å². The summed E-state index contributed by atoms with van der Waals surface area (Å²) in [7, 11) is 0. The van der Waals surface area contributed by atoms with E-state index in [0.29, 0.717) is 24.9 Å². The summed E-state index contributed by atoms with van der Waals surface area (Å²) in [4.78, 5) is 0. The van der Waals surface area contributed by atoms with Crippen molar-refractivity contribution in [1.29, 1.82) is 0 Å². The molecule has 114 valence electrons. The van der Waals surface area contributed by atoms with Crippen LogP contribution in [0.15, 0.2) is 24.3 Å². The Labute approximate surface area is 117 Å². The molecule has 0 atom stereocenters. The van der Waals surface area contributed by atoms with Crippen LogP contribution in [0.4, 0.5) is 13.2 Å². The Balaban J connectivity index is 2.31. The van der Waals surface area contributed by atoms with Crippen LogP contribution in [0.2, 0.25) is 0 Å². The fraction of sp³-hybridized carbons (Fsp3) is 0.571. The van der Waals surface area contributed by atoms with Crippen LogP contribution in [0.3, 0.4) is 0 Å². The molecule has 0 heterocycles. The summed E-state index contributed by atoms with van der Waals surface area (Å²) in [6, 6.07) is 5.85. The van der Waals surface area contributed by atoms with Gasteiger partial charge in [-0.25, -0.2) is 0 Å². The lowest BCUT2D eigenvalue weighted by Gasteiger charge is -2.15. The summed E-state index contributed by atoms with van der Waals surface area (Å²) >= 11 is 0. The van der Waals surface area contributed by atoms with E-state index >= 15 is 0 Å². The van der Waals surface area contributed by atoms with Crippen LogP contribution >= 0.6 is 0 Å². The first-order valence-electron chi connectivity index (χ1n) is 6.66. The lowest BCUT2D eigenvalue weighted by atomic mass is 10.2. The van der Waals surface area contributed by atoms with E-state index in [1.807, 2.05) is 0 Å². The molecule has 1 rings (SSSR count). The van der Waals surface area contributed by atoms with Gasteiger partial charge in [-0.3, -0.25) is 0 Å². The summed E-state index contributed by atoms with van der Waals surface area (Å²) in [5.41, 5.74) is 0. The van der Waals surface area contributed by atoms with Crippen molar-refractivity contribution in [1.82, 2.24) is 5.32 Å². The zero-order valence-corrected chi connectivity index (χ0v) is 11.7. The summed E-state index contributed by atoms with van der Waals surface area (Å²) in [6.45, 7) is 5.39. The van der Waals surface area contributed by atoms with Crippen molar-refractivity contribution >= 4 is 0 Å². The van der Waals surface area contributed by atoms with Crippen LogP contribution in [0.25, 0.3) is 0 Å². The molecule has 0 spiro atoms. The van der Waals surface area contributed by atoms with Crippen molar-refractivity contribution in [2.75, 3.05) is 13.2 Å². The number of nitrogens with one attached hydrogen (secondary N) is 1. The molecule has 0 aliphatic carbocycles. The molecule has 0 aliphatic heterocycles. The van der Waals surface area contributed by atoms with Crippen molar-refractivity contribution in [3.63, 3.8) is 0 Å². The first kappa shape index (κ1) is 16.6. The first-order chi connectivity index (χ1) is 9.44. The Bertz CT molecular complexity index is 375. The SMILES string of the molecule is CCC(CC)NCCOc1ccc(OC(F)(F)F)cc1. The molecule has 1 aromatic rings. The van der Waals surface area contributed by atoms with Gasteiger partial charge in [0.25, 0.3) is 0 Å². The van der Waals surface area contributed by atoms with Crippen molar-refractivity contribution < 1.29 is 22.6 Å². The number of alkyl halides is 3. The zero-order valence-electron chi connectivity index (χ0n) is 11.7. The molecule has 3 nitrogen and oxygen atoms in total. The van der Waals surface area contributed by atoms with Crippen molar-refractivity contribution in [3.05, 3.63) is 24.3 Å². The van der Waals surface area contributed by atoms with Crippen LogP contribution in [-0.4, -0.2) is 25.6 Å². The molecule has 0 unspecified atom stereocenters. The molecule has 0 aliphatic rings. The quantitative estimate of drug-likeness (QED) is 0.740. The monoisotopic (exact) mass is 291 g/mol. The van der Waals surface area contributed by atoms with Crippen molar-refractivity contribution in [3.8, 4) is 11.5 Å². The zero-order chi connectivity index (χ0) is 15.0. The Kier molecular flexibility index (Phi) is 6.64. The second-order valence-corrected chi connectivity index (χ2v) is 4.34. The lowest BCUT2D eigenvalue weighted by molar-refractivity contribution is -0.274. The van der Waals surface area contributed by atoms with Gasteiger partial charge in [0.2, 0.25) is 0 Å². The maximum absolute atomic E-state index is 12.0. The van der Waals surface area contributed by atoms with Crippen molar-refractivity contribution in [2.24, 2.45) is 0 Å². The molecule has 1 N–H and O–H groups in total. The predicted octanol–water partition coefficient (Wildman–Crippen LogP) is 3.74. The molecule has 0 saturated heterocycles. The number of hydrogen-bond acceptors (Lipinski definition) is 3. The Hall–Kier alpha value is -1.43. The number of ether oxygens (including phenoxy) is 2. The molecule has 0 fully saturated rings. The second kappa shape index (κ2) is 7.99.